The maximum atomic E-state index is 13.4. The Morgan fingerprint density at radius 3 is 2.45 bits per heavy atom. The number of hydrogen-bond acceptors (Lipinski definition) is 6. The lowest BCUT2D eigenvalue weighted by Crippen LogP contribution is -2.41. The molecule has 7 nitrogen and oxygen atoms in total. The molecule has 2 aromatic carbocycles. The fraction of sp³-hybridized carbons (Fsp3) is 0.500. The van der Waals surface area contributed by atoms with E-state index >= 15 is 0 Å². The molecule has 2 saturated carbocycles. The van der Waals surface area contributed by atoms with E-state index in [1.54, 1.807) is 21.3 Å². The van der Waals surface area contributed by atoms with Crippen molar-refractivity contribution in [2.24, 2.45) is 17.8 Å². The van der Waals surface area contributed by atoms with Crippen molar-refractivity contribution in [3.05, 3.63) is 65.4 Å². The van der Waals surface area contributed by atoms with Crippen LogP contribution >= 0.6 is 11.3 Å². The number of methoxy groups -OCH3 is 2. The lowest BCUT2D eigenvalue weighted by Gasteiger charge is -2.35. The first-order chi connectivity index (χ1) is 20.4. The third-order valence-electron chi connectivity index (χ3n) is 9.36. The quantitative estimate of drug-likeness (QED) is 0.299. The van der Waals surface area contributed by atoms with Crippen molar-refractivity contribution in [3.8, 4) is 21.4 Å². The summed E-state index contributed by atoms with van der Waals surface area (Å²) < 4.78 is 10.7. The molecule has 5 rings (SSSR count). The minimum atomic E-state index is -0.151. The highest BCUT2D eigenvalue weighted by molar-refractivity contribution is 7.16. The number of aromatic nitrogens is 1. The number of thiazole rings is 1. The van der Waals surface area contributed by atoms with E-state index in [4.69, 9.17) is 9.47 Å². The van der Waals surface area contributed by atoms with Crippen LogP contribution in [0.2, 0.25) is 0 Å². The van der Waals surface area contributed by atoms with Gasteiger partial charge in [0.15, 0.2) is 0 Å². The first-order valence-electron chi connectivity index (χ1n) is 15.1. The number of rotatable bonds is 9. The Kier molecular flexibility index (Phi) is 9.83. The van der Waals surface area contributed by atoms with Gasteiger partial charge in [-0.25, -0.2) is 4.98 Å². The van der Waals surface area contributed by atoms with E-state index in [2.05, 4.69) is 58.9 Å². The number of ether oxygens (including phenoxy) is 2. The van der Waals surface area contributed by atoms with E-state index in [-0.39, 0.29) is 29.6 Å². The van der Waals surface area contributed by atoms with Crippen LogP contribution in [-0.2, 0) is 9.59 Å². The standard InChI is InChI=1S/C34H43N3O4S/c1-21-16-24(13-15-30(21)40-3)23-10-8-22(9-11-23)19-36-32(38)27-12-14-28(33(39)35-2)29(18-27)25-6-5-7-26(17-25)31-20-37-34(41-4)42-31/h5-7,13,15-17,20,22-23,27-29H,8-12,14,18-19H2,1-4H3,(H,35,39)(H,36,38). The Labute approximate surface area is 253 Å². The molecular weight excluding hydrogens is 546 g/mol. The first kappa shape index (κ1) is 30.1. The number of benzene rings is 2. The lowest BCUT2D eigenvalue weighted by molar-refractivity contribution is -0.131. The molecule has 2 aliphatic rings. The van der Waals surface area contributed by atoms with Gasteiger partial charge in [-0.15, -0.1) is 0 Å². The number of nitrogens with zero attached hydrogens (tertiary/aromatic N) is 1. The van der Waals surface area contributed by atoms with E-state index in [9.17, 15) is 9.59 Å². The Morgan fingerprint density at radius 1 is 0.952 bits per heavy atom. The van der Waals surface area contributed by atoms with Crippen LogP contribution in [0, 0.1) is 24.7 Å². The molecule has 224 valence electrons. The van der Waals surface area contributed by atoms with Gasteiger partial charge in [-0.05, 0) is 104 Å². The van der Waals surface area contributed by atoms with Crippen molar-refractivity contribution >= 4 is 23.2 Å². The molecule has 0 spiro atoms. The van der Waals surface area contributed by atoms with E-state index in [1.807, 2.05) is 12.3 Å². The van der Waals surface area contributed by atoms with E-state index in [1.165, 1.54) is 22.5 Å². The molecule has 0 bridgehead atoms. The molecule has 0 radical (unpaired) electrons. The van der Waals surface area contributed by atoms with Crippen LogP contribution in [0.4, 0.5) is 0 Å². The smallest absolute Gasteiger partial charge is 0.273 e. The third-order valence-corrected chi connectivity index (χ3v) is 10.4. The topological polar surface area (TPSA) is 89.6 Å². The van der Waals surface area contributed by atoms with Gasteiger partial charge in [-0.2, -0.15) is 0 Å². The number of carbonyl (C=O) groups excluding carboxylic acids is 2. The zero-order valence-electron chi connectivity index (χ0n) is 25.2. The van der Waals surface area contributed by atoms with Crippen molar-refractivity contribution in [1.29, 1.82) is 0 Å². The minimum absolute atomic E-state index is 0.0207. The molecule has 8 heteroatoms. The average Bonchev–Trinajstić information content (AvgIpc) is 3.53. The van der Waals surface area contributed by atoms with Crippen molar-refractivity contribution in [2.45, 2.75) is 63.7 Å². The predicted molar refractivity (Wildman–Crippen MR) is 167 cm³/mol. The summed E-state index contributed by atoms with van der Waals surface area (Å²) >= 11 is 1.50. The Bertz CT molecular complexity index is 1380. The lowest BCUT2D eigenvalue weighted by atomic mass is 9.70. The van der Waals surface area contributed by atoms with Crippen molar-refractivity contribution < 1.29 is 19.1 Å². The van der Waals surface area contributed by atoms with Crippen molar-refractivity contribution in [3.63, 3.8) is 0 Å². The summed E-state index contributed by atoms with van der Waals surface area (Å²) in [7, 11) is 5.03. The van der Waals surface area contributed by atoms with Gasteiger partial charge in [-0.3, -0.25) is 9.59 Å². The molecule has 3 unspecified atom stereocenters. The second-order valence-corrected chi connectivity index (χ2v) is 12.8. The molecular formula is C34H43N3O4S. The fourth-order valence-corrected chi connectivity index (χ4v) is 7.66. The maximum Gasteiger partial charge on any atom is 0.273 e. The van der Waals surface area contributed by atoms with Crippen LogP contribution in [0.15, 0.2) is 48.7 Å². The molecule has 0 aliphatic heterocycles. The highest BCUT2D eigenvalue weighted by Crippen LogP contribution is 2.43. The van der Waals surface area contributed by atoms with Gasteiger partial charge >= 0.3 is 0 Å². The minimum Gasteiger partial charge on any atom is -0.496 e. The molecule has 3 aromatic rings. The van der Waals surface area contributed by atoms with Crippen LogP contribution < -0.4 is 20.1 Å². The zero-order valence-corrected chi connectivity index (χ0v) is 26.0. The number of carbonyl (C=O) groups is 2. The zero-order chi connectivity index (χ0) is 29.6. The summed E-state index contributed by atoms with van der Waals surface area (Å²) in [4.78, 5) is 31.6. The van der Waals surface area contributed by atoms with Crippen LogP contribution in [0.25, 0.3) is 10.4 Å². The normalized spacial score (nSPS) is 24.0. The molecule has 1 heterocycles. The van der Waals surface area contributed by atoms with Gasteiger partial charge in [0, 0.05) is 31.6 Å². The van der Waals surface area contributed by atoms with Gasteiger partial charge in [0.05, 0.1) is 19.1 Å². The highest BCUT2D eigenvalue weighted by atomic mass is 32.1. The average molecular weight is 590 g/mol. The maximum absolute atomic E-state index is 13.4. The summed E-state index contributed by atoms with van der Waals surface area (Å²) in [6.45, 7) is 2.83. The molecule has 1 aromatic heterocycles. The van der Waals surface area contributed by atoms with Gasteiger partial charge in [0.1, 0.15) is 5.75 Å². The predicted octanol–water partition coefficient (Wildman–Crippen LogP) is 6.47. The summed E-state index contributed by atoms with van der Waals surface area (Å²) in [5.41, 5.74) is 4.73. The molecule has 3 atom stereocenters. The number of hydrogen-bond donors (Lipinski definition) is 2. The molecule has 2 amide bonds. The van der Waals surface area contributed by atoms with Gasteiger partial charge in [-0.1, -0.05) is 41.7 Å². The second kappa shape index (κ2) is 13.7. The summed E-state index contributed by atoms with van der Waals surface area (Å²) in [6.07, 6.45) is 8.46. The molecule has 42 heavy (non-hydrogen) atoms. The van der Waals surface area contributed by atoms with E-state index in [0.29, 0.717) is 29.9 Å². The van der Waals surface area contributed by atoms with Gasteiger partial charge in [0.2, 0.25) is 11.8 Å². The number of aryl methyl sites for hydroxylation is 1. The van der Waals surface area contributed by atoms with Gasteiger partial charge in [0.25, 0.3) is 5.19 Å². The fourth-order valence-electron chi connectivity index (χ4n) is 6.93. The monoisotopic (exact) mass is 589 g/mol. The Balaban J connectivity index is 1.19. The molecule has 2 aliphatic carbocycles. The van der Waals surface area contributed by atoms with Crippen LogP contribution in [0.1, 0.15) is 73.5 Å². The van der Waals surface area contributed by atoms with Crippen molar-refractivity contribution in [2.75, 3.05) is 27.8 Å². The Morgan fingerprint density at radius 2 is 1.76 bits per heavy atom. The van der Waals surface area contributed by atoms with E-state index < -0.39 is 0 Å². The molecule has 0 saturated heterocycles. The molecule has 2 N–H and O–H groups in total. The largest absolute Gasteiger partial charge is 0.496 e. The third kappa shape index (κ3) is 6.80. The highest BCUT2D eigenvalue weighted by Gasteiger charge is 2.38. The molecule has 2 fully saturated rings. The summed E-state index contributed by atoms with van der Waals surface area (Å²) in [5.74, 6) is 1.94. The second-order valence-electron chi connectivity index (χ2n) is 11.8. The summed E-state index contributed by atoms with van der Waals surface area (Å²) in [6, 6.07) is 14.9. The first-order valence-corrected chi connectivity index (χ1v) is 16.0. The van der Waals surface area contributed by atoms with Crippen LogP contribution in [0.3, 0.4) is 0 Å². The van der Waals surface area contributed by atoms with Crippen LogP contribution in [0.5, 0.6) is 10.9 Å². The SMILES string of the molecule is CNC(=O)C1CCC(C(=O)NCC2CCC(c3ccc(OC)c(C)c3)CC2)CC1c1cccc(-c2cnc(OC)s2)c1. The number of amides is 2. The van der Waals surface area contributed by atoms with Crippen LogP contribution in [-0.4, -0.2) is 44.6 Å². The van der Waals surface area contributed by atoms with E-state index in [0.717, 1.165) is 60.4 Å². The van der Waals surface area contributed by atoms with Crippen molar-refractivity contribution in [1.82, 2.24) is 15.6 Å². The summed E-state index contributed by atoms with van der Waals surface area (Å²) in [5, 5.41) is 6.78. The Hall–Kier alpha value is -3.39. The van der Waals surface area contributed by atoms with Gasteiger partial charge < -0.3 is 20.1 Å². The number of nitrogens with one attached hydrogen (secondary N) is 2.